The molecule has 0 unspecified atom stereocenters. The second-order valence-electron chi connectivity index (χ2n) is 5.24. The standard InChI is InChI=1S/C16H13N3O8/c20-13(21)3-1-7-17-11-6-5-10(19(26)27)9-12(11)18(16(25)15(17)24)8-2-4-14(22)23/h1-6,9H,7-8H2,(H,20,21)(H,22,23). The molecule has 0 atom stereocenters. The van der Waals surface area contributed by atoms with Gasteiger partial charge in [0.25, 0.3) is 5.69 Å². The summed E-state index contributed by atoms with van der Waals surface area (Å²) in [4.78, 5) is 56.3. The molecule has 0 aliphatic rings. The number of benzene rings is 1. The monoisotopic (exact) mass is 375 g/mol. The van der Waals surface area contributed by atoms with Gasteiger partial charge in [-0.15, -0.1) is 0 Å². The lowest BCUT2D eigenvalue weighted by molar-refractivity contribution is -0.384. The lowest BCUT2D eigenvalue weighted by Crippen LogP contribution is -2.41. The van der Waals surface area contributed by atoms with Crippen LogP contribution in [0.25, 0.3) is 11.0 Å². The van der Waals surface area contributed by atoms with E-state index in [1.165, 1.54) is 6.07 Å². The lowest BCUT2D eigenvalue weighted by atomic mass is 10.2. The number of carbonyl (C=O) groups is 2. The zero-order valence-electron chi connectivity index (χ0n) is 13.6. The molecule has 2 aromatic rings. The van der Waals surface area contributed by atoms with Gasteiger partial charge in [0.1, 0.15) is 0 Å². The highest BCUT2D eigenvalue weighted by atomic mass is 16.6. The van der Waals surface area contributed by atoms with Gasteiger partial charge in [-0.05, 0) is 6.07 Å². The van der Waals surface area contributed by atoms with Gasteiger partial charge in [0.15, 0.2) is 0 Å². The van der Waals surface area contributed by atoms with E-state index in [1.807, 2.05) is 0 Å². The van der Waals surface area contributed by atoms with Crippen LogP contribution in [0.2, 0.25) is 0 Å². The number of nitro benzene ring substituents is 1. The molecule has 2 N–H and O–H groups in total. The van der Waals surface area contributed by atoms with E-state index in [9.17, 15) is 29.3 Å². The Balaban J connectivity index is 2.75. The van der Waals surface area contributed by atoms with Crippen molar-refractivity contribution in [3.8, 4) is 0 Å². The van der Waals surface area contributed by atoms with Crippen molar-refractivity contribution >= 4 is 28.7 Å². The Labute approximate surface area is 149 Å². The Morgan fingerprint density at radius 1 is 0.963 bits per heavy atom. The number of carboxylic acid groups (broad SMARTS) is 2. The fourth-order valence-electron chi connectivity index (χ4n) is 2.40. The molecule has 0 amide bonds. The summed E-state index contributed by atoms with van der Waals surface area (Å²) >= 11 is 0. The summed E-state index contributed by atoms with van der Waals surface area (Å²) < 4.78 is 1.90. The maximum atomic E-state index is 12.4. The van der Waals surface area contributed by atoms with Gasteiger partial charge in [0, 0.05) is 37.4 Å². The van der Waals surface area contributed by atoms with E-state index >= 15 is 0 Å². The van der Waals surface area contributed by atoms with E-state index in [2.05, 4.69) is 0 Å². The molecule has 2 rings (SSSR count). The maximum absolute atomic E-state index is 12.4. The smallest absolute Gasteiger partial charge is 0.328 e. The average Bonchev–Trinajstić information content (AvgIpc) is 2.59. The van der Waals surface area contributed by atoms with Crippen LogP contribution in [-0.4, -0.2) is 36.2 Å². The third-order valence-electron chi connectivity index (χ3n) is 3.52. The van der Waals surface area contributed by atoms with E-state index in [1.54, 1.807) is 0 Å². The van der Waals surface area contributed by atoms with Gasteiger partial charge in [0.05, 0.1) is 16.0 Å². The fourth-order valence-corrected chi connectivity index (χ4v) is 2.40. The van der Waals surface area contributed by atoms with Crippen molar-refractivity contribution in [2.75, 3.05) is 0 Å². The van der Waals surface area contributed by atoms with Gasteiger partial charge < -0.3 is 10.2 Å². The molecule has 0 bridgehead atoms. The number of fused-ring (bicyclic) bond motifs is 1. The van der Waals surface area contributed by atoms with E-state index < -0.39 is 28.0 Å². The minimum absolute atomic E-state index is 0.0348. The van der Waals surface area contributed by atoms with E-state index in [-0.39, 0.29) is 29.8 Å². The zero-order valence-corrected chi connectivity index (χ0v) is 13.6. The molecule has 0 fully saturated rings. The third-order valence-corrected chi connectivity index (χ3v) is 3.52. The molecule has 27 heavy (non-hydrogen) atoms. The number of nitrogens with zero attached hydrogens (tertiary/aromatic N) is 3. The number of nitro groups is 1. The highest BCUT2D eigenvalue weighted by Crippen LogP contribution is 2.19. The van der Waals surface area contributed by atoms with Gasteiger partial charge in [-0.1, -0.05) is 12.2 Å². The van der Waals surface area contributed by atoms with Crippen LogP contribution in [0.4, 0.5) is 5.69 Å². The summed E-state index contributed by atoms with van der Waals surface area (Å²) in [6, 6.07) is 3.49. The Morgan fingerprint density at radius 3 is 1.89 bits per heavy atom. The van der Waals surface area contributed by atoms with Crippen molar-refractivity contribution in [1.82, 2.24) is 9.13 Å². The molecule has 11 nitrogen and oxygen atoms in total. The first-order valence-electron chi connectivity index (χ1n) is 7.43. The van der Waals surface area contributed by atoms with Crippen LogP contribution in [0.5, 0.6) is 0 Å². The Hall–Kier alpha value is -4.02. The fraction of sp³-hybridized carbons (Fsp3) is 0.125. The number of carboxylic acids is 2. The summed E-state index contributed by atoms with van der Waals surface area (Å²) in [5.41, 5.74) is -2.14. The second kappa shape index (κ2) is 7.91. The van der Waals surface area contributed by atoms with E-state index in [4.69, 9.17) is 10.2 Å². The number of aliphatic carboxylic acids is 2. The number of aromatic nitrogens is 2. The van der Waals surface area contributed by atoms with Crippen molar-refractivity contribution in [2.45, 2.75) is 13.1 Å². The highest BCUT2D eigenvalue weighted by Gasteiger charge is 2.15. The predicted octanol–water partition coefficient (Wildman–Crippen LogP) is 0.353. The lowest BCUT2D eigenvalue weighted by Gasteiger charge is -2.12. The van der Waals surface area contributed by atoms with E-state index in [0.29, 0.717) is 0 Å². The molecular formula is C16H13N3O8. The molecule has 0 radical (unpaired) electrons. The Kier molecular flexibility index (Phi) is 5.65. The molecule has 0 aliphatic carbocycles. The van der Waals surface area contributed by atoms with Crippen molar-refractivity contribution in [3.05, 3.63) is 73.3 Å². The largest absolute Gasteiger partial charge is 0.478 e. The van der Waals surface area contributed by atoms with Crippen LogP contribution in [0.3, 0.4) is 0 Å². The molecule has 1 heterocycles. The number of non-ortho nitro benzene ring substituents is 1. The summed E-state index contributed by atoms with van der Waals surface area (Å²) in [6.07, 6.45) is 3.84. The van der Waals surface area contributed by atoms with Crippen molar-refractivity contribution in [2.24, 2.45) is 0 Å². The number of hydrogen-bond donors (Lipinski definition) is 2. The van der Waals surface area contributed by atoms with Crippen LogP contribution in [0, 0.1) is 10.1 Å². The molecule has 1 aromatic heterocycles. The molecule has 0 spiro atoms. The summed E-state index contributed by atoms with van der Waals surface area (Å²) in [6.45, 7) is -0.523. The Bertz CT molecular complexity index is 1110. The van der Waals surface area contributed by atoms with Gasteiger partial charge in [-0.2, -0.15) is 0 Å². The first kappa shape index (κ1) is 19.3. The first-order chi connectivity index (χ1) is 12.7. The molecule has 0 saturated carbocycles. The van der Waals surface area contributed by atoms with Crippen LogP contribution < -0.4 is 11.1 Å². The molecule has 1 aromatic carbocycles. The molecule has 0 aliphatic heterocycles. The van der Waals surface area contributed by atoms with Crippen LogP contribution in [0.1, 0.15) is 0 Å². The van der Waals surface area contributed by atoms with E-state index in [0.717, 1.165) is 45.6 Å². The Morgan fingerprint density at radius 2 is 1.44 bits per heavy atom. The number of allylic oxidation sites excluding steroid dienone is 2. The van der Waals surface area contributed by atoms with Gasteiger partial charge in [0.2, 0.25) is 0 Å². The average molecular weight is 375 g/mol. The van der Waals surface area contributed by atoms with Crippen molar-refractivity contribution < 1.29 is 24.7 Å². The second-order valence-corrected chi connectivity index (χ2v) is 5.24. The first-order valence-corrected chi connectivity index (χ1v) is 7.43. The minimum atomic E-state index is -1.26. The number of rotatable bonds is 7. The minimum Gasteiger partial charge on any atom is -0.478 e. The van der Waals surface area contributed by atoms with Gasteiger partial charge in [-0.25, -0.2) is 9.59 Å². The summed E-state index contributed by atoms with van der Waals surface area (Å²) in [7, 11) is 0. The molecule has 11 heteroatoms. The van der Waals surface area contributed by atoms with Crippen molar-refractivity contribution in [3.63, 3.8) is 0 Å². The van der Waals surface area contributed by atoms with Crippen LogP contribution >= 0.6 is 0 Å². The van der Waals surface area contributed by atoms with Crippen LogP contribution in [-0.2, 0) is 22.7 Å². The molecule has 140 valence electrons. The van der Waals surface area contributed by atoms with Crippen LogP contribution in [0.15, 0.2) is 52.1 Å². The summed E-state index contributed by atoms with van der Waals surface area (Å²) in [5, 5.41) is 28.3. The normalized spacial score (nSPS) is 11.4. The molecule has 0 saturated heterocycles. The predicted molar refractivity (Wildman–Crippen MR) is 92.7 cm³/mol. The highest BCUT2D eigenvalue weighted by molar-refractivity contribution is 5.81. The zero-order chi connectivity index (χ0) is 20.1. The summed E-state index contributed by atoms with van der Waals surface area (Å²) in [5.74, 6) is -2.50. The quantitative estimate of drug-likeness (QED) is 0.303. The maximum Gasteiger partial charge on any atom is 0.328 e. The third kappa shape index (κ3) is 4.34. The van der Waals surface area contributed by atoms with Gasteiger partial charge >= 0.3 is 23.1 Å². The number of hydrogen-bond acceptors (Lipinski definition) is 6. The van der Waals surface area contributed by atoms with Crippen molar-refractivity contribution in [1.29, 1.82) is 0 Å². The van der Waals surface area contributed by atoms with Gasteiger partial charge in [-0.3, -0.25) is 28.8 Å². The molecular weight excluding hydrogens is 362 g/mol. The SMILES string of the molecule is O=C(O)C=CCn1c(=O)c(=O)n(CC=CC(=O)O)c2cc([N+](=O)[O-])ccc21. The topological polar surface area (TPSA) is 162 Å².